The molecule has 2 heterocycles. The number of hydrogen-bond donors (Lipinski definition) is 0. The van der Waals surface area contributed by atoms with Gasteiger partial charge in [-0.2, -0.15) is 0 Å². The lowest BCUT2D eigenvalue weighted by molar-refractivity contribution is -0.384. The van der Waals surface area contributed by atoms with Crippen LogP contribution in [-0.4, -0.2) is 40.4 Å². The van der Waals surface area contributed by atoms with Crippen LogP contribution in [0.4, 0.5) is 5.69 Å². The van der Waals surface area contributed by atoms with Gasteiger partial charge in [-0.1, -0.05) is 17.8 Å². The first kappa shape index (κ1) is 14.9. The summed E-state index contributed by atoms with van der Waals surface area (Å²) < 4.78 is 16.1. The number of hydrogen-bond acceptors (Lipinski definition) is 8. The third-order valence-electron chi connectivity index (χ3n) is 3.07. The van der Waals surface area contributed by atoms with Crippen LogP contribution in [0.5, 0.6) is 0 Å². The molecule has 0 amide bonds. The van der Waals surface area contributed by atoms with Crippen molar-refractivity contribution in [1.29, 1.82) is 0 Å². The van der Waals surface area contributed by atoms with Crippen molar-refractivity contribution in [2.24, 2.45) is 0 Å². The fourth-order valence-electron chi connectivity index (χ4n) is 1.93. The number of aromatic nitrogens is 2. The molecular weight excluding hydrogens is 310 g/mol. The summed E-state index contributed by atoms with van der Waals surface area (Å²) >= 11 is 1.40. The third kappa shape index (κ3) is 3.62. The fourth-order valence-corrected chi connectivity index (χ4v) is 2.76. The minimum absolute atomic E-state index is 0.0134. The molecule has 0 bridgehead atoms. The van der Waals surface area contributed by atoms with E-state index in [9.17, 15) is 10.1 Å². The van der Waals surface area contributed by atoms with E-state index in [1.807, 2.05) is 0 Å². The van der Waals surface area contributed by atoms with E-state index in [2.05, 4.69) is 10.2 Å². The third-order valence-corrected chi connectivity index (χ3v) is 4.02. The van der Waals surface area contributed by atoms with Gasteiger partial charge in [-0.05, 0) is 12.5 Å². The molecule has 2 aromatic rings. The summed E-state index contributed by atoms with van der Waals surface area (Å²) in [4.78, 5) is 10.3. The average molecular weight is 323 g/mol. The maximum atomic E-state index is 10.8. The van der Waals surface area contributed by atoms with Crippen molar-refractivity contribution < 1.29 is 18.8 Å². The summed E-state index contributed by atoms with van der Waals surface area (Å²) in [6.07, 6.45) is 0.936. The standard InChI is InChI=1S/C13H13N3O5S/c17-16(18)10-3-1-2-9(6-10)12-14-15-13(21-12)22-7-11-4-5-19-8-20-11/h1-3,6,11H,4-5,7-8H2/t11-/m1/s1. The maximum Gasteiger partial charge on any atom is 0.276 e. The predicted octanol–water partition coefficient (Wildman–Crippen LogP) is 2.50. The maximum absolute atomic E-state index is 10.8. The Balaban J connectivity index is 1.65. The predicted molar refractivity (Wildman–Crippen MR) is 77.4 cm³/mol. The van der Waals surface area contributed by atoms with Crippen LogP contribution in [0.3, 0.4) is 0 Å². The second-order valence-electron chi connectivity index (χ2n) is 4.60. The van der Waals surface area contributed by atoms with Gasteiger partial charge in [0.05, 0.1) is 17.6 Å². The van der Waals surface area contributed by atoms with Crippen LogP contribution in [0.1, 0.15) is 6.42 Å². The number of nitrogens with zero attached hydrogens (tertiary/aromatic N) is 3. The molecule has 8 nitrogen and oxygen atoms in total. The van der Waals surface area contributed by atoms with Gasteiger partial charge in [-0.15, -0.1) is 10.2 Å². The van der Waals surface area contributed by atoms with E-state index in [1.54, 1.807) is 12.1 Å². The number of nitro groups is 1. The van der Waals surface area contributed by atoms with Crippen molar-refractivity contribution in [3.63, 3.8) is 0 Å². The number of ether oxygens (including phenoxy) is 2. The summed E-state index contributed by atoms with van der Waals surface area (Å²) in [5.74, 6) is 0.957. The van der Waals surface area contributed by atoms with E-state index < -0.39 is 4.92 Å². The van der Waals surface area contributed by atoms with Crippen LogP contribution in [0.25, 0.3) is 11.5 Å². The molecular formula is C13H13N3O5S. The molecule has 0 N–H and O–H groups in total. The van der Waals surface area contributed by atoms with E-state index >= 15 is 0 Å². The summed E-state index contributed by atoms with van der Waals surface area (Å²) in [6.45, 7) is 1.00. The Morgan fingerprint density at radius 3 is 3.09 bits per heavy atom. The molecule has 3 rings (SSSR count). The minimum atomic E-state index is -0.460. The number of thioether (sulfide) groups is 1. The second-order valence-corrected chi connectivity index (χ2v) is 5.57. The van der Waals surface area contributed by atoms with Crippen molar-refractivity contribution in [2.45, 2.75) is 17.7 Å². The van der Waals surface area contributed by atoms with Crippen molar-refractivity contribution in [3.8, 4) is 11.5 Å². The Labute approximate surface area is 130 Å². The highest BCUT2D eigenvalue weighted by Gasteiger charge is 2.17. The highest BCUT2D eigenvalue weighted by Crippen LogP contribution is 2.27. The quantitative estimate of drug-likeness (QED) is 0.470. The molecule has 1 aliphatic heterocycles. The Kier molecular flexibility index (Phi) is 4.66. The molecule has 1 fully saturated rings. The fraction of sp³-hybridized carbons (Fsp3) is 0.385. The first-order chi connectivity index (χ1) is 10.7. The van der Waals surface area contributed by atoms with Gasteiger partial charge in [0, 0.05) is 23.4 Å². The zero-order chi connectivity index (χ0) is 15.4. The topological polar surface area (TPSA) is 101 Å². The lowest BCUT2D eigenvalue weighted by atomic mass is 10.2. The zero-order valence-electron chi connectivity index (χ0n) is 11.5. The first-order valence-electron chi connectivity index (χ1n) is 6.63. The van der Waals surface area contributed by atoms with Crippen molar-refractivity contribution in [1.82, 2.24) is 10.2 Å². The second kappa shape index (κ2) is 6.86. The molecule has 0 unspecified atom stereocenters. The van der Waals surface area contributed by atoms with E-state index in [0.29, 0.717) is 29.9 Å². The first-order valence-corrected chi connectivity index (χ1v) is 7.61. The number of nitro benzene ring substituents is 1. The molecule has 1 saturated heterocycles. The molecule has 22 heavy (non-hydrogen) atoms. The minimum Gasteiger partial charge on any atom is -0.411 e. The van der Waals surface area contributed by atoms with E-state index in [-0.39, 0.29) is 17.7 Å². The molecule has 1 aromatic heterocycles. The summed E-state index contributed by atoms with van der Waals surface area (Å²) in [6, 6.07) is 6.10. The normalized spacial score (nSPS) is 18.3. The van der Waals surface area contributed by atoms with Crippen molar-refractivity contribution >= 4 is 17.4 Å². The Bertz CT molecular complexity index is 657. The smallest absolute Gasteiger partial charge is 0.276 e. The molecule has 0 radical (unpaired) electrons. The van der Waals surface area contributed by atoms with E-state index in [4.69, 9.17) is 13.9 Å². The number of benzene rings is 1. The van der Waals surface area contributed by atoms with E-state index in [0.717, 1.165) is 6.42 Å². The van der Waals surface area contributed by atoms with Crippen LogP contribution >= 0.6 is 11.8 Å². The highest BCUT2D eigenvalue weighted by atomic mass is 32.2. The van der Waals surface area contributed by atoms with Gasteiger partial charge in [0.2, 0.25) is 5.89 Å². The summed E-state index contributed by atoms with van der Waals surface area (Å²) in [7, 11) is 0. The highest BCUT2D eigenvalue weighted by molar-refractivity contribution is 7.99. The Morgan fingerprint density at radius 1 is 1.41 bits per heavy atom. The zero-order valence-corrected chi connectivity index (χ0v) is 12.3. The molecule has 1 aromatic carbocycles. The molecule has 1 atom stereocenters. The molecule has 116 valence electrons. The lowest BCUT2D eigenvalue weighted by Crippen LogP contribution is -2.25. The van der Waals surface area contributed by atoms with Gasteiger partial charge >= 0.3 is 0 Å². The number of rotatable bonds is 5. The van der Waals surface area contributed by atoms with Gasteiger partial charge < -0.3 is 13.9 Å². The van der Waals surface area contributed by atoms with Crippen LogP contribution in [0.2, 0.25) is 0 Å². The van der Waals surface area contributed by atoms with Gasteiger partial charge in [0.1, 0.15) is 6.79 Å². The SMILES string of the molecule is O=[N+]([O-])c1cccc(-c2nnc(SC[C@H]3CCOCO3)o2)c1. The van der Waals surface area contributed by atoms with Crippen molar-refractivity contribution in [2.75, 3.05) is 19.2 Å². The average Bonchev–Trinajstić information content (AvgIpc) is 3.03. The van der Waals surface area contributed by atoms with Gasteiger partial charge in [0.25, 0.3) is 10.9 Å². The van der Waals surface area contributed by atoms with E-state index in [1.165, 1.54) is 23.9 Å². The monoisotopic (exact) mass is 323 g/mol. The Hall–Kier alpha value is -1.97. The summed E-state index contributed by atoms with van der Waals surface area (Å²) in [5.41, 5.74) is 0.511. The number of non-ortho nitro benzene ring substituents is 1. The molecule has 0 aliphatic carbocycles. The van der Waals surface area contributed by atoms with Gasteiger partial charge in [-0.25, -0.2) is 0 Å². The Morgan fingerprint density at radius 2 is 2.32 bits per heavy atom. The van der Waals surface area contributed by atoms with Crippen molar-refractivity contribution in [3.05, 3.63) is 34.4 Å². The van der Waals surface area contributed by atoms with Crippen LogP contribution in [0, 0.1) is 10.1 Å². The lowest BCUT2D eigenvalue weighted by Gasteiger charge is -2.21. The van der Waals surface area contributed by atoms with Crippen LogP contribution < -0.4 is 0 Å². The summed E-state index contributed by atoms with van der Waals surface area (Å²) in [5, 5.41) is 19.1. The molecule has 9 heteroatoms. The molecule has 0 spiro atoms. The van der Waals surface area contributed by atoms with Crippen LogP contribution in [-0.2, 0) is 9.47 Å². The molecule has 1 aliphatic rings. The van der Waals surface area contributed by atoms with Gasteiger partial charge in [0.15, 0.2) is 0 Å². The van der Waals surface area contributed by atoms with Gasteiger partial charge in [-0.3, -0.25) is 10.1 Å². The van der Waals surface area contributed by atoms with Crippen LogP contribution in [0.15, 0.2) is 33.9 Å². The molecule has 0 saturated carbocycles. The largest absolute Gasteiger partial charge is 0.411 e.